The Morgan fingerprint density at radius 1 is 1.29 bits per heavy atom. The second-order valence-corrected chi connectivity index (χ2v) is 6.29. The van der Waals surface area contributed by atoms with Crippen molar-refractivity contribution in [2.24, 2.45) is 0 Å². The van der Waals surface area contributed by atoms with Crippen LogP contribution in [0.3, 0.4) is 0 Å². The fraction of sp³-hybridized carbons (Fsp3) is 0.333. The molecule has 1 aromatic carbocycles. The molecule has 0 amide bonds. The van der Waals surface area contributed by atoms with E-state index in [0.29, 0.717) is 0 Å². The van der Waals surface area contributed by atoms with Gasteiger partial charge in [0.2, 0.25) is 0 Å². The van der Waals surface area contributed by atoms with Crippen LogP contribution in [0.25, 0.3) is 0 Å². The number of aryl methyl sites for hydroxylation is 2. The van der Waals surface area contributed by atoms with Gasteiger partial charge in [0.1, 0.15) is 5.01 Å². The van der Waals surface area contributed by atoms with Crippen molar-refractivity contribution in [3.63, 3.8) is 0 Å². The van der Waals surface area contributed by atoms with Gasteiger partial charge in [-0.3, -0.25) is 0 Å². The molecule has 0 fully saturated rings. The summed E-state index contributed by atoms with van der Waals surface area (Å²) in [6.07, 6.45) is 0. The Kier molecular flexibility index (Phi) is 4.15. The first-order valence-corrected chi connectivity index (χ1v) is 7.04. The number of hydrogen-bond acceptors (Lipinski definition) is 5. The molecule has 3 nitrogen and oxygen atoms in total. The van der Waals surface area contributed by atoms with Crippen LogP contribution in [-0.4, -0.2) is 17.2 Å². The lowest BCUT2D eigenvalue weighted by Gasteiger charge is -2.06. The van der Waals surface area contributed by atoms with E-state index in [-0.39, 0.29) is 0 Å². The summed E-state index contributed by atoms with van der Waals surface area (Å²) in [6.45, 7) is 5.02. The van der Waals surface area contributed by atoms with E-state index in [9.17, 15) is 0 Å². The summed E-state index contributed by atoms with van der Waals surface area (Å²) in [4.78, 5) is 1.25. The minimum absolute atomic E-state index is 0.906. The summed E-state index contributed by atoms with van der Waals surface area (Å²) in [7, 11) is 1.96. The van der Waals surface area contributed by atoms with Gasteiger partial charge in [-0.15, -0.1) is 10.2 Å². The molecule has 2 rings (SSSR count). The molecule has 0 aliphatic heterocycles. The largest absolute Gasteiger partial charge is 0.316 e. The molecule has 0 aliphatic carbocycles. The molecule has 0 unspecified atom stereocenters. The smallest absolute Gasteiger partial charge is 0.179 e. The van der Waals surface area contributed by atoms with Gasteiger partial charge in [0.25, 0.3) is 0 Å². The summed E-state index contributed by atoms with van der Waals surface area (Å²) in [5, 5.41) is 12.3. The van der Waals surface area contributed by atoms with E-state index < -0.39 is 0 Å². The van der Waals surface area contributed by atoms with Crippen molar-refractivity contribution >= 4 is 23.1 Å². The SMILES string of the molecule is CNCc1ccc(Sc2nnc(C)s2)c(C)c1. The average molecular weight is 265 g/mol. The van der Waals surface area contributed by atoms with Crippen molar-refractivity contribution in [3.05, 3.63) is 34.3 Å². The Bertz CT molecular complexity index is 508. The summed E-state index contributed by atoms with van der Waals surface area (Å²) >= 11 is 3.32. The highest BCUT2D eigenvalue weighted by Gasteiger charge is 2.06. The number of nitrogens with one attached hydrogen (secondary N) is 1. The number of rotatable bonds is 4. The van der Waals surface area contributed by atoms with Crippen molar-refractivity contribution in [2.75, 3.05) is 7.05 Å². The Morgan fingerprint density at radius 3 is 2.71 bits per heavy atom. The molecular weight excluding hydrogens is 250 g/mol. The highest BCUT2D eigenvalue weighted by atomic mass is 32.2. The van der Waals surface area contributed by atoms with Crippen LogP contribution in [0.1, 0.15) is 16.1 Å². The van der Waals surface area contributed by atoms with Crippen LogP contribution >= 0.6 is 23.1 Å². The lowest BCUT2D eigenvalue weighted by Crippen LogP contribution is -2.05. The van der Waals surface area contributed by atoms with E-state index in [1.807, 2.05) is 14.0 Å². The van der Waals surface area contributed by atoms with E-state index in [1.54, 1.807) is 23.1 Å². The Hall–Kier alpha value is -0.910. The molecule has 0 saturated carbocycles. The molecule has 0 saturated heterocycles. The van der Waals surface area contributed by atoms with Crippen LogP contribution in [-0.2, 0) is 6.54 Å². The monoisotopic (exact) mass is 265 g/mol. The molecule has 1 aromatic heterocycles. The molecule has 1 heterocycles. The van der Waals surface area contributed by atoms with Crippen LogP contribution in [0, 0.1) is 13.8 Å². The molecular formula is C12H15N3S2. The second-order valence-electron chi connectivity index (χ2n) is 3.82. The number of aromatic nitrogens is 2. The van der Waals surface area contributed by atoms with Gasteiger partial charge in [-0.05, 0) is 38.1 Å². The standard InChI is InChI=1S/C12H15N3S2/c1-8-6-10(7-13-3)4-5-11(8)17-12-15-14-9(2)16-12/h4-6,13H,7H2,1-3H3. The summed E-state index contributed by atoms with van der Waals surface area (Å²) in [6, 6.07) is 6.52. The first-order chi connectivity index (χ1) is 8.19. The highest BCUT2D eigenvalue weighted by molar-refractivity contribution is 8.01. The lowest BCUT2D eigenvalue weighted by atomic mass is 10.1. The molecule has 0 radical (unpaired) electrons. The zero-order valence-corrected chi connectivity index (χ0v) is 11.8. The highest BCUT2D eigenvalue weighted by Crippen LogP contribution is 2.32. The van der Waals surface area contributed by atoms with Crippen LogP contribution in [0.2, 0.25) is 0 Å². The topological polar surface area (TPSA) is 37.8 Å². The van der Waals surface area contributed by atoms with Crippen LogP contribution in [0.15, 0.2) is 27.4 Å². The summed E-state index contributed by atoms with van der Waals surface area (Å²) in [5.41, 5.74) is 2.60. The van der Waals surface area contributed by atoms with Gasteiger partial charge in [0.15, 0.2) is 4.34 Å². The van der Waals surface area contributed by atoms with Gasteiger partial charge in [0, 0.05) is 11.4 Å². The normalized spacial score (nSPS) is 10.8. The maximum absolute atomic E-state index is 4.13. The fourth-order valence-corrected chi connectivity index (χ4v) is 3.39. The van der Waals surface area contributed by atoms with Gasteiger partial charge in [0.05, 0.1) is 0 Å². The molecule has 2 aromatic rings. The molecule has 17 heavy (non-hydrogen) atoms. The molecule has 1 N–H and O–H groups in total. The zero-order chi connectivity index (χ0) is 12.3. The first-order valence-electron chi connectivity index (χ1n) is 5.41. The minimum atomic E-state index is 0.906. The van der Waals surface area contributed by atoms with E-state index in [0.717, 1.165) is 15.9 Å². The predicted octanol–water partition coefficient (Wildman–Crippen LogP) is 3.03. The zero-order valence-electron chi connectivity index (χ0n) is 10.2. The van der Waals surface area contributed by atoms with Gasteiger partial charge in [-0.1, -0.05) is 35.2 Å². The van der Waals surface area contributed by atoms with E-state index >= 15 is 0 Å². The van der Waals surface area contributed by atoms with Gasteiger partial charge in [-0.2, -0.15) is 0 Å². The molecule has 0 aliphatic rings. The Balaban J connectivity index is 2.16. The van der Waals surface area contributed by atoms with Crippen molar-refractivity contribution < 1.29 is 0 Å². The third kappa shape index (κ3) is 3.28. The van der Waals surface area contributed by atoms with Crippen LogP contribution in [0.5, 0.6) is 0 Å². The Labute approximate surface area is 110 Å². The maximum atomic E-state index is 4.13. The lowest BCUT2D eigenvalue weighted by molar-refractivity contribution is 0.815. The fourth-order valence-electron chi connectivity index (χ4n) is 1.55. The molecule has 0 bridgehead atoms. The number of hydrogen-bond donors (Lipinski definition) is 1. The van der Waals surface area contributed by atoms with Crippen molar-refractivity contribution in [1.29, 1.82) is 0 Å². The van der Waals surface area contributed by atoms with Crippen molar-refractivity contribution in [2.45, 2.75) is 29.6 Å². The third-order valence-corrected chi connectivity index (χ3v) is 4.39. The second kappa shape index (κ2) is 5.62. The quantitative estimate of drug-likeness (QED) is 0.922. The first kappa shape index (κ1) is 12.5. The average Bonchev–Trinajstić information content (AvgIpc) is 2.69. The van der Waals surface area contributed by atoms with Gasteiger partial charge < -0.3 is 5.32 Å². The van der Waals surface area contributed by atoms with E-state index in [2.05, 4.69) is 40.6 Å². The van der Waals surface area contributed by atoms with E-state index in [1.165, 1.54) is 16.0 Å². The third-order valence-electron chi connectivity index (χ3n) is 2.33. The van der Waals surface area contributed by atoms with Crippen LogP contribution in [0.4, 0.5) is 0 Å². The Morgan fingerprint density at radius 2 is 2.12 bits per heavy atom. The molecule has 0 atom stereocenters. The summed E-state index contributed by atoms with van der Waals surface area (Å²) in [5.74, 6) is 0. The minimum Gasteiger partial charge on any atom is -0.316 e. The maximum Gasteiger partial charge on any atom is 0.179 e. The number of nitrogens with zero attached hydrogens (tertiary/aromatic N) is 2. The van der Waals surface area contributed by atoms with Crippen LogP contribution < -0.4 is 5.32 Å². The van der Waals surface area contributed by atoms with E-state index in [4.69, 9.17) is 0 Å². The van der Waals surface area contributed by atoms with Crippen molar-refractivity contribution in [1.82, 2.24) is 15.5 Å². The van der Waals surface area contributed by atoms with Crippen molar-refractivity contribution in [3.8, 4) is 0 Å². The summed E-state index contributed by atoms with van der Waals surface area (Å²) < 4.78 is 1.01. The molecule has 0 spiro atoms. The number of benzene rings is 1. The predicted molar refractivity (Wildman–Crippen MR) is 72.7 cm³/mol. The van der Waals surface area contributed by atoms with Gasteiger partial charge >= 0.3 is 0 Å². The van der Waals surface area contributed by atoms with Gasteiger partial charge in [-0.25, -0.2) is 0 Å². The molecule has 5 heteroatoms. The molecule has 90 valence electrons.